The van der Waals surface area contributed by atoms with Gasteiger partial charge in [0.25, 0.3) is 0 Å². The fourth-order valence-electron chi connectivity index (χ4n) is 1.46. The van der Waals surface area contributed by atoms with Crippen LogP contribution in [0, 0.1) is 0 Å². The normalized spacial score (nSPS) is 30.8. The lowest BCUT2D eigenvalue weighted by atomic mass is 10.0. The molecule has 2 unspecified atom stereocenters. The number of hydrogen-bond acceptors (Lipinski definition) is 2. The van der Waals surface area contributed by atoms with Crippen LogP contribution in [0.3, 0.4) is 0 Å². The summed E-state index contributed by atoms with van der Waals surface area (Å²) in [6, 6.07) is 0.693. The number of nitrogens with zero attached hydrogens (tertiary/aromatic N) is 1. The zero-order valence-electron chi connectivity index (χ0n) is 9.13. The molecule has 1 saturated heterocycles. The van der Waals surface area contributed by atoms with Gasteiger partial charge in [-0.1, -0.05) is 13.8 Å². The molecule has 0 saturated carbocycles. The number of likely N-dealkylation sites (tertiary alicyclic amines) is 1. The molecule has 0 spiro atoms. The third-order valence-corrected chi connectivity index (χ3v) is 2.49. The van der Waals surface area contributed by atoms with Crippen LogP contribution >= 0.6 is 0 Å². The highest BCUT2D eigenvalue weighted by atomic mass is 16.5. The average molecular weight is 173 g/mol. The Labute approximate surface area is 76.9 Å². The molecule has 2 heteroatoms. The zero-order valence-corrected chi connectivity index (χ0v) is 9.13. The topological polar surface area (TPSA) is 12.5 Å². The van der Waals surface area contributed by atoms with Crippen LogP contribution < -0.4 is 0 Å². The highest BCUT2D eigenvalue weighted by molar-refractivity contribution is 4.76. The molecule has 1 aliphatic rings. The first-order valence-electron chi connectivity index (χ1n) is 4.97. The second-order valence-electron chi connectivity index (χ2n) is 3.21. The Kier molecular flexibility index (Phi) is 6.39. The van der Waals surface area contributed by atoms with Gasteiger partial charge >= 0.3 is 0 Å². The lowest BCUT2D eigenvalue weighted by Gasteiger charge is -2.34. The first kappa shape index (κ1) is 11.9. The SMILES string of the molecule is CC.COC1CCN(C)C(C)C1. The van der Waals surface area contributed by atoms with E-state index in [-0.39, 0.29) is 0 Å². The quantitative estimate of drug-likeness (QED) is 0.602. The third-order valence-electron chi connectivity index (χ3n) is 2.49. The summed E-state index contributed by atoms with van der Waals surface area (Å²) >= 11 is 0. The summed E-state index contributed by atoms with van der Waals surface area (Å²) in [5, 5.41) is 0. The van der Waals surface area contributed by atoms with Crippen molar-refractivity contribution in [3.8, 4) is 0 Å². The summed E-state index contributed by atoms with van der Waals surface area (Å²) in [4.78, 5) is 2.38. The first-order valence-corrected chi connectivity index (χ1v) is 4.97. The maximum absolute atomic E-state index is 5.28. The van der Waals surface area contributed by atoms with Crippen LogP contribution in [0.2, 0.25) is 0 Å². The molecule has 2 atom stereocenters. The molecule has 1 fully saturated rings. The maximum atomic E-state index is 5.28. The Hall–Kier alpha value is -0.0800. The Morgan fingerprint density at radius 3 is 2.33 bits per heavy atom. The molecule has 0 aromatic carbocycles. The van der Waals surface area contributed by atoms with Crippen molar-refractivity contribution in [1.29, 1.82) is 0 Å². The van der Waals surface area contributed by atoms with Crippen molar-refractivity contribution in [2.24, 2.45) is 0 Å². The largest absolute Gasteiger partial charge is 0.381 e. The van der Waals surface area contributed by atoms with E-state index in [1.165, 1.54) is 19.4 Å². The van der Waals surface area contributed by atoms with Crippen molar-refractivity contribution >= 4 is 0 Å². The van der Waals surface area contributed by atoms with E-state index in [1.54, 1.807) is 0 Å². The molecular weight excluding hydrogens is 150 g/mol. The van der Waals surface area contributed by atoms with E-state index in [9.17, 15) is 0 Å². The van der Waals surface area contributed by atoms with Crippen LogP contribution in [0.1, 0.15) is 33.6 Å². The number of methoxy groups -OCH3 is 1. The molecule has 0 aromatic rings. The van der Waals surface area contributed by atoms with E-state index in [2.05, 4.69) is 18.9 Å². The van der Waals surface area contributed by atoms with Gasteiger partial charge in [0.15, 0.2) is 0 Å². The standard InChI is InChI=1S/C8H17NO.C2H6/c1-7-6-8(10-3)4-5-9(7)2;1-2/h7-8H,4-6H2,1-3H3;1-2H3. The summed E-state index contributed by atoms with van der Waals surface area (Å²) in [5.41, 5.74) is 0. The van der Waals surface area contributed by atoms with Crippen molar-refractivity contribution in [1.82, 2.24) is 4.90 Å². The Balaban J connectivity index is 0.000000561. The van der Waals surface area contributed by atoms with Gasteiger partial charge in [0, 0.05) is 19.7 Å². The molecule has 2 nitrogen and oxygen atoms in total. The molecule has 0 aliphatic carbocycles. The van der Waals surface area contributed by atoms with Gasteiger partial charge in [-0.05, 0) is 26.8 Å². The molecule has 0 N–H and O–H groups in total. The Bertz CT molecular complexity index is 106. The Morgan fingerprint density at radius 2 is 1.92 bits per heavy atom. The summed E-state index contributed by atoms with van der Waals surface area (Å²) in [6.07, 6.45) is 2.89. The van der Waals surface area contributed by atoms with Gasteiger partial charge in [-0.25, -0.2) is 0 Å². The summed E-state index contributed by atoms with van der Waals surface area (Å²) in [5.74, 6) is 0. The van der Waals surface area contributed by atoms with Crippen molar-refractivity contribution in [2.75, 3.05) is 20.7 Å². The molecule has 0 bridgehead atoms. The predicted molar refractivity (Wildman–Crippen MR) is 53.5 cm³/mol. The smallest absolute Gasteiger partial charge is 0.0598 e. The van der Waals surface area contributed by atoms with Gasteiger partial charge in [0.1, 0.15) is 0 Å². The van der Waals surface area contributed by atoms with Gasteiger partial charge in [0.2, 0.25) is 0 Å². The fourth-order valence-corrected chi connectivity index (χ4v) is 1.46. The maximum Gasteiger partial charge on any atom is 0.0598 e. The van der Waals surface area contributed by atoms with Gasteiger partial charge in [-0.15, -0.1) is 0 Å². The van der Waals surface area contributed by atoms with Crippen LogP contribution in [-0.4, -0.2) is 37.7 Å². The van der Waals surface area contributed by atoms with E-state index in [0.717, 1.165) is 0 Å². The van der Waals surface area contributed by atoms with Crippen molar-refractivity contribution in [2.45, 2.75) is 45.8 Å². The van der Waals surface area contributed by atoms with Crippen LogP contribution in [0.5, 0.6) is 0 Å². The molecule has 12 heavy (non-hydrogen) atoms. The third kappa shape index (κ3) is 3.55. The number of rotatable bonds is 1. The molecule has 0 aromatic heterocycles. The van der Waals surface area contributed by atoms with E-state index in [4.69, 9.17) is 4.74 Å². The van der Waals surface area contributed by atoms with Gasteiger partial charge in [0.05, 0.1) is 6.10 Å². The number of hydrogen-bond donors (Lipinski definition) is 0. The van der Waals surface area contributed by atoms with Crippen LogP contribution in [0.25, 0.3) is 0 Å². The minimum absolute atomic E-state index is 0.506. The van der Waals surface area contributed by atoms with E-state index >= 15 is 0 Å². The summed E-state index contributed by atoms with van der Waals surface area (Å²) in [7, 11) is 3.99. The monoisotopic (exact) mass is 173 g/mol. The van der Waals surface area contributed by atoms with E-state index in [0.29, 0.717) is 12.1 Å². The fraction of sp³-hybridized carbons (Fsp3) is 1.00. The zero-order chi connectivity index (χ0) is 9.56. The highest BCUT2D eigenvalue weighted by Gasteiger charge is 2.21. The second-order valence-corrected chi connectivity index (χ2v) is 3.21. The molecule has 74 valence electrons. The Morgan fingerprint density at radius 1 is 1.33 bits per heavy atom. The van der Waals surface area contributed by atoms with E-state index in [1.807, 2.05) is 21.0 Å². The van der Waals surface area contributed by atoms with Crippen molar-refractivity contribution in [3.63, 3.8) is 0 Å². The molecule has 1 rings (SSSR count). The second kappa shape index (κ2) is 6.44. The molecule has 0 radical (unpaired) electrons. The molecule has 1 aliphatic heterocycles. The van der Waals surface area contributed by atoms with E-state index < -0.39 is 0 Å². The van der Waals surface area contributed by atoms with Gasteiger partial charge in [-0.3, -0.25) is 0 Å². The van der Waals surface area contributed by atoms with Crippen LogP contribution in [-0.2, 0) is 4.74 Å². The average Bonchev–Trinajstić information content (AvgIpc) is 2.13. The summed E-state index contributed by atoms with van der Waals surface area (Å²) in [6.45, 7) is 7.44. The van der Waals surface area contributed by atoms with Crippen molar-refractivity contribution < 1.29 is 4.74 Å². The molecular formula is C10H23NO. The van der Waals surface area contributed by atoms with Crippen LogP contribution in [0.15, 0.2) is 0 Å². The minimum Gasteiger partial charge on any atom is -0.381 e. The predicted octanol–water partition coefficient (Wildman–Crippen LogP) is 2.14. The van der Waals surface area contributed by atoms with Crippen LogP contribution in [0.4, 0.5) is 0 Å². The lowest BCUT2D eigenvalue weighted by Crippen LogP contribution is -2.40. The number of piperidine rings is 1. The number of ether oxygens (including phenoxy) is 1. The minimum atomic E-state index is 0.506. The lowest BCUT2D eigenvalue weighted by molar-refractivity contribution is 0.0255. The van der Waals surface area contributed by atoms with Gasteiger partial charge in [-0.2, -0.15) is 0 Å². The molecule has 0 amide bonds. The summed E-state index contributed by atoms with van der Waals surface area (Å²) < 4.78 is 5.28. The van der Waals surface area contributed by atoms with Crippen molar-refractivity contribution in [3.05, 3.63) is 0 Å². The van der Waals surface area contributed by atoms with Gasteiger partial charge < -0.3 is 9.64 Å². The highest BCUT2D eigenvalue weighted by Crippen LogP contribution is 2.16. The first-order chi connectivity index (χ1) is 5.74. The molecule has 1 heterocycles.